The number of nitrogens with zero attached hydrogens (tertiary/aromatic N) is 2. The fraction of sp³-hybridized carbons (Fsp3) is 0.364. The van der Waals surface area contributed by atoms with Crippen molar-refractivity contribution in [3.63, 3.8) is 0 Å². The number of ether oxygens (including phenoxy) is 2. The van der Waals surface area contributed by atoms with Crippen molar-refractivity contribution in [2.24, 2.45) is 0 Å². The number of rotatable bonds is 6. The van der Waals surface area contributed by atoms with Gasteiger partial charge in [0, 0.05) is 31.7 Å². The second-order valence-electron chi connectivity index (χ2n) is 7.19. The summed E-state index contributed by atoms with van der Waals surface area (Å²) < 4.78 is 16.1. The molecule has 2 saturated heterocycles. The van der Waals surface area contributed by atoms with E-state index in [4.69, 9.17) is 13.9 Å². The number of hydrogen-bond acceptors (Lipinski definition) is 7. The Morgan fingerprint density at radius 2 is 1.97 bits per heavy atom. The molecule has 1 N–H and O–H groups in total. The number of amides is 1. The maximum absolute atomic E-state index is 12.9. The van der Waals surface area contributed by atoms with E-state index in [2.05, 4.69) is 4.90 Å². The maximum Gasteiger partial charge on any atom is 0.295 e. The van der Waals surface area contributed by atoms with Crippen molar-refractivity contribution in [1.29, 1.82) is 0 Å². The van der Waals surface area contributed by atoms with Crippen molar-refractivity contribution in [3.05, 3.63) is 59.6 Å². The van der Waals surface area contributed by atoms with Gasteiger partial charge in [0.15, 0.2) is 0 Å². The summed E-state index contributed by atoms with van der Waals surface area (Å²) in [4.78, 5) is 29.5. The predicted octanol–water partition coefficient (Wildman–Crippen LogP) is 2.04. The highest BCUT2D eigenvalue weighted by atomic mass is 16.5. The number of likely N-dealkylation sites (tertiary alicyclic amines) is 1. The molecule has 1 atom stereocenters. The highest BCUT2D eigenvalue weighted by Crippen LogP contribution is 2.39. The smallest absolute Gasteiger partial charge is 0.295 e. The van der Waals surface area contributed by atoms with Gasteiger partial charge in [-0.2, -0.15) is 0 Å². The first-order chi connectivity index (χ1) is 14.6. The number of Topliss-reactive ketones (excluding diaryl/α,β-unsaturated/α-hetero) is 1. The minimum absolute atomic E-state index is 0.0187. The topological polar surface area (TPSA) is 92.5 Å². The van der Waals surface area contributed by atoms with Gasteiger partial charge in [-0.15, -0.1) is 0 Å². The number of furan rings is 1. The summed E-state index contributed by atoms with van der Waals surface area (Å²) in [5.74, 6) is -0.647. The van der Waals surface area contributed by atoms with Crippen LogP contribution in [0.5, 0.6) is 5.75 Å². The van der Waals surface area contributed by atoms with Crippen LogP contribution < -0.4 is 4.74 Å². The van der Waals surface area contributed by atoms with Crippen LogP contribution in [0.3, 0.4) is 0 Å². The zero-order valence-electron chi connectivity index (χ0n) is 16.7. The third-order valence-corrected chi connectivity index (χ3v) is 5.46. The molecule has 1 aromatic heterocycles. The van der Waals surface area contributed by atoms with Crippen LogP contribution in [0.2, 0.25) is 0 Å². The molecule has 2 aliphatic heterocycles. The highest BCUT2D eigenvalue weighted by Gasteiger charge is 2.47. The van der Waals surface area contributed by atoms with E-state index in [1.54, 1.807) is 36.4 Å². The number of methoxy groups -OCH3 is 1. The summed E-state index contributed by atoms with van der Waals surface area (Å²) in [6.07, 6.45) is 1.49. The zero-order chi connectivity index (χ0) is 21.1. The van der Waals surface area contributed by atoms with Gasteiger partial charge in [-0.25, -0.2) is 0 Å². The third kappa shape index (κ3) is 3.83. The normalized spacial score (nSPS) is 21.9. The van der Waals surface area contributed by atoms with Crippen LogP contribution >= 0.6 is 0 Å². The van der Waals surface area contributed by atoms with Crippen molar-refractivity contribution in [2.75, 3.05) is 46.5 Å². The average Bonchev–Trinajstić information content (AvgIpc) is 3.40. The quantitative estimate of drug-likeness (QED) is 0.441. The summed E-state index contributed by atoms with van der Waals surface area (Å²) in [5, 5.41) is 11.0. The van der Waals surface area contributed by atoms with Gasteiger partial charge in [-0.05, 0) is 24.3 Å². The standard InChI is InChI=1S/C22H24N2O6/c1-28-16-5-2-4-15(14-16)20(25)18-19(17-6-3-11-30-17)24(22(27)21(18)26)8-7-23-9-12-29-13-10-23/h2-6,11,14,19,25H,7-10,12-13H2,1H3/t19-/m0/s1. The molecule has 0 unspecified atom stereocenters. The second-order valence-corrected chi connectivity index (χ2v) is 7.19. The number of aliphatic hydroxyl groups excluding tert-OH is 1. The fourth-order valence-corrected chi connectivity index (χ4v) is 3.85. The lowest BCUT2D eigenvalue weighted by Gasteiger charge is -2.30. The van der Waals surface area contributed by atoms with Gasteiger partial charge in [0.1, 0.15) is 23.3 Å². The first-order valence-electron chi connectivity index (χ1n) is 9.86. The average molecular weight is 412 g/mol. The lowest BCUT2D eigenvalue weighted by molar-refractivity contribution is -0.140. The summed E-state index contributed by atoms with van der Waals surface area (Å²) >= 11 is 0. The van der Waals surface area contributed by atoms with Gasteiger partial charge in [-0.1, -0.05) is 12.1 Å². The molecular formula is C22H24N2O6. The van der Waals surface area contributed by atoms with Crippen LogP contribution in [0.1, 0.15) is 17.4 Å². The Kier molecular flexibility index (Phi) is 5.87. The van der Waals surface area contributed by atoms with E-state index in [1.807, 2.05) is 0 Å². The van der Waals surface area contributed by atoms with Crippen molar-refractivity contribution in [3.8, 4) is 5.75 Å². The molecule has 30 heavy (non-hydrogen) atoms. The molecule has 3 heterocycles. The molecule has 0 aliphatic carbocycles. The summed E-state index contributed by atoms with van der Waals surface area (Å²) in [7, 11) is 1.52. The molecule has 2 aliphatic rings. The molecule has 1 amide bonds. The summed E-state index contributed by atoms with van der Waals surface area (Å²) in [6.45, 7) is 3.79. The van der Waals surface area contributed by atoms with Crippen molar-refractivity contribution < 1.29 is 28.6 Å². The van der Waals surface area contributed by atoms with E-state index < -0.39 is 17.7 Å². The minimum atomic E-state index is -0.785. The van der Waals surface area contributed by atoms with E-state index in [0.29, 0.717) is 43.4 Å². The number of ketones is 1. The largest absolute Gasteiger partial charge is 0.507 e. The molecule has 2 fully saturated rings. The molecule has 4 rings (SSSR count). The molecule has 0 spiro atoms. The zero-order valence-corrected chi connectivity index (χ0v) is 16.7. The molecule has 0 radical (unpaired) electrons. The minimum Gasteiger partial charge on any atom is -0.507 e. The van der Waals surface area contributed by atoms with Crippen LogP contribution in [-0.4, -0.2) is 73.1 Å². The highest BCUT2D eigenvalue weighted by molar-refractivity contribution is 6.46. The van der Waals surface area contributed by atoms with E-state index in [9.17, 15) is 14.7 Å². The number of aliphatic hydroxyl groups is 1. The van der Waals surface area contributed by atoms with Gasteiger partial charge in [0.25, 0.3) is 11.7 Å². The first kappa shape index (κ1) is 20.2. The Balaban J connectivity index is 1.69. The van der Waals surface area contributed by atoms with Crippen LogP contribution in [-0.2, 0) is 14.3 Å². The van der Waals surface area contributed by atoms with E-state index in [0.717, 1.165) is 13.1 Å². The van der Waals surface area contributed by atoms with Gasteiger partial charge in [-0.3, -0.25) is 14.5 Å². The Hall–Kier alpha value is -3.10. The Morgan fingerprint density at radius 3 is 2.67 bits per heavy atom. The van der Waals surface area contributed by atoms with Crippen LogP contribution in [0, 0.1) is 0 Å². The molecule has 1 aromatic carbocycles. The van der Waals surface area contributed by atoms with E-state index in [1.165, 1.54) is 18.3 Å². The summed E-state index contributed by atoms with van der Waals surface area (Å²) in [6, 6.07) is 9.35. The number of morpholine rings is 1. The lowest BCUT2D eigenvalue weighted by atomic mass is 9.99. The van der Waals surface area contributed by atoms with Crippen LogP contribution in [0.25, 0.3) is 5.76 Å². The first-order valence-corrected chi connectivity index (χ1v) is 9.86. The van der Waals surface area contributed by atoms with E-state index in [-0.39, 0.29) is 11.3 Å². The monoisotopic (exact) mass is 412 g/mol. The fourth-order valence-electron chi connectivity index (χ4n) is 3.85. The van der Waals surface area contributed by atoms with Crippen LogP contribution in [0.15, 0.2) is 52.7 Å². The SMILES string of the molecule is COc1cccc(C(O)=C2C(=O)C(=O)N(CCN3CCOCC3)[C@H]2c2ccco2)c1. The molecular weight excluding hydrogens is 388 g/mol. The molecule has 158 valence electrons. The van der Waals surface area contributed by atoms with Crippen LogP contribution in [0.4, 0.5) is 0 Å². The second kappa shape index (κ2) is 8.73. The van der Waals surface area contributed by atoms with Gasteiger partial charge in [0.05, 0.1) is 32.2 Å². The van der Waals surface area contributed by atoms with Crippen molar-refractivity contribution >= 4 is 17.4 Å². The number of carbonyl (C=O) groups excluding carboxylic acids is 2. The molecule has 8 nitrogen and oxygen atoms in total. The number of carbonyl (C=O) groups is 2. The van der Waals surface area contributed by atoms with E-state index >= 15 is 0 Å². The van der Waals surface area contributed by atoms with Crippen molar-refractivity contribution in [1.82, 2.24) is 9.80 Å². The Morgan fingerprint density at radius 1 is 1.17 bits per heavy atom. The summed E-state index contributed by atoms with van der Waals surface area (Å²) in [5.41, 5.74) is 0.419. The number of hydrogen-bond donors (Lipinski definition) is 1. The van der Waals surface area contributed by atoms with Gasteiger partial charge >= 0.3 is 0 Å². The molecule has 0 bridgehead atoms. The molecule has 0 saturated carbocycles. The predicted molar refractivity (Wildman–Crippen MR) is 108 cm³/mol. The van der Waals surface area contributed by atoms with Gasteiger partial charge < -0.3 is 23.9 Å². The Labute approximate surface area is 174 Å². The molecule has 2 aromatic rings. The Bertz CT molecular complexity index is 946. The number of benzene rings is 1. The molecule has 8 heteroatoms. The van der Waals surface area contributed by atoms with Gasteiger partial charge in [0.2, 0.25) is 0 Å². The third-order valence-electron chi connectivity index (χ3n) is 5.46. The lowest BCUT2D eigenvalue weighted by Crippen LogP contribution is -2.42. The van der Waals surface area contributed by atoms with Crippen molar-refractivity contribution in [2.45, 2.75) is 6.04 Å². The maximum atomic E-state index is 12.9.